The van der Waals surface area contributed by atoms with Gasteiger partial charge in [-0.15, -0.1) is 0 Å². The molecule has 1 aromatic rings. The monoisotopic (exact) mass is 439 g/mol. The lowest BCUT2D eigenvalue weighted by Gasteiger charge is -2.39. The van der Waals surface area contributed by atoms with Gasteiger partial charge < -0.3 is 15.1 Å². The average Bonchev–Trinajstić information content (AvgIpc) is 2.79. The topological polar surface area (TPSA) is 51.2 Å². The molecule has 2 aliphatic heterocycles. The van der Waals surface area contributed by atoms with E-state index in [0.29, 0.717) is 44.2 Å². The maximum Gasteiger partial charge on any atom is 0.403 e. The molecule has 2 aliphatic rings. The molecule has 6 nitrogen and oxygen atoms in total. The lowest BCUT2D eigenvalue weighted by Crippen LogP contribution is -2.56. The van der Waals surface area contributed by atoms with Gasteiger partial charge in [-0.05, 0) is 43.9 Å². The third-order valence-corrected chi connectivity index (χ3v) is 6.11. The molecule has 0 spiro atoms. The van der Waals surface area contributed by atoms with Crippen LogP contribution >= 0.6 is 0 Å². The summed E-state index contributed by atoms with van der Waals surface area (Å²) in [6.45, 7) is 4.96. The molecule has 1 aromatic carbocycles. The van der Waals surface area contributed by atoms with Gasteiger partial charge in [0.2, 0.25) is 0 Å². The summed E-state index contributed by atoms with van der Waals surface area (Å²) in [5.41, 5.74) is 1.65. The summed E-state index contributed by atoms with van der Waals surface area (Å²) in [4.78, 5) is 22.4. The first-order valence-electron chi connectivity index (χ1n) is 10.9. The molecule has 0 radical (unpaired) electrons. The first kappa shape index (κ1) is 23.4. The zero-order valence-electron chi connectivity index (χ0n) is 18.3. The number of likely N-dealkylation sites (tertiary alicyclic amines) is 1. The molecule has 3 rings (SSSR count). The number of benzene rings is 1. The zero-order valence-corrected chi connectivity index (χ0v) is 18.3. The number of hydrogen-bond acceptors (Lipinski definition) is 3. The number of guanidine groups is 1. The zero-order chi connectivity index (χ0) is 22.4. The summed E-state index contributed by atoms with van der Waals surface area (Å²) in [6, 6.07) is 6.14. The number of carbonyl (C=O) groups excluding carboxylic acids is 1. The van der Waals surface area contributed by atoms with Gasteiger partial charge in [-0.25, -0.2) is 0 Å². The normalized spacial score (nSPS) is 20.0. The highest BCUT2D eigenvalue weighted by molar-refractivity contribution is 5.94. The number of piperidine rings is 1. The van der Waals surface area contributed by atoms with Crippen LogP contribution in [0, 0.1) is 0 Å². The van der Waals surface area contributed by atoms with E-state index in [-0.39, 0.29) is 5.91 Å². The second kappa shape index (κ2) is 10.3. The minimum atomic E-state index is -4.21. The van der Waals surface area contributed by atoms with E-state index in [4.69, 9.17) is 0 Å². The van der Waals surface area contributed by atoms with Crippen LogP contribution in [0.4, 0.5) is 13.2 Å². The summed E-state index contributed by atoms with van der Waals surface area (Å²) in [6.07, 6.45) is -0.925. The van der Waals surface area contributed by atoms with E-state index in [1.165, 1.54) is 18.2 Å². The van der Waals surface area contributed by atoms with Crippen LogP contribution in [0.5, 0.6) is 0 Å². The van der Waals surface area contributed by atoms with Crippen molar-refractivity contribution in [2.75, 3.05) is 46.3 Å². The Morgan fingerprint density at radius 3 is 2.35 bits per heavy atom. The fraction of sp³-hybridized carbons (Fsp3) is 0.636. The Morgan fingerprint density at radius 2 is 1.74 bits per heavy atom. The number of nitrogens with zero attached hydrogens (tertiary/aromatic N) is 4. The fourth-order valence-electron chi connectivity index (χ4n) is 4.14. The van der Waals surface area contributed by atoms with E-state index < -0.39 is 12.2 Å². The Labute approximate surface area is 182 Å². The number of nitrogens with one attached hydrogen (secondary N) is 1. The van der Waals surface area contributed by atoms with Crippen molar-refractivity contribution >= 4 is 11.9 Å². The predicted octanol–water partition coefficient (Wildman–Crippen LogP) is 2.96. The molecule has 2 fully saturated rings. The van der Waals surface area contributed by atoms with Crippen molar-refractivity contribution in [2.24, 2.45) is 4.99 Å². The number of alkyl halides is 3. The Bertz CT molecular complexity index is 769. The van der Waals surface area contributed by atoms with Gasteiger partial charge >= 0.3 is 6.18 Å². The molecular formula is C22H32F3N5O. The molecule has 1 unspecified atom stereocenters. The highest BCUT2D eigenvalue weighted by Crippen LogP contribution is 2.25. The van der Waals surface area contributed by atoms with Crippen molar-refractivity contribution in [2.45, 2.75) is 44.9 Å². The fourth-order valence-corrected chi connectivity index (χ4v) is 4.14. The highest BCUT2D eigenvalue weighted by atomic mass is 19.4. The Morgan fingerprint density at radius 1 is 1.06 bits per heavy atom. The van der Waals surface area contributed by atoms with Crippen LogP contribution in [0.2, 0.25) is 0 Å². The molecule has 1 N–H and O–H groups in total. The van der Waals surface area contributed by atoms with E-state index in [1.54, 1.807) is 7.05 Å². The van der Waals surface area contributed by atoms with E-state index in [2.05, 4.69) is 10.3 Å². The third kappa shape index (κ3) is 6.12. The molecule has 1 atom stereocenters. The average molecular weight is 440 g/mol. The number of rotatable bonds is 4. The Kier molecular flexibility index (Phi) is 7.80. The van der Waals surface area contributed by atoms with Crippen LogP contribution < -0.4 is 5.32 Å². The van der Waals surface area contributed by atoms with Crippen LogP contribution in [0.15, 0.2) is 29.3 Å². The lowest BCUT2D eigenvalue weighted by molar-refractivity contribution is -0.181. The van der Waals surface area contributed by atoms with Crippen LogP contribution in [-0.2, 0) is 6.54 Å². The molecule has 172 valence electrons. The van der Waals surface area contributed by atoms with Gasteiger partial charge in [0.25, 0.3) is 5.91 Å². The molecule has 0 saturated carbocycles. The van der Waals surface area contributed by atoms with Crippen LogP contribution in [0.1, 0.15) is 42.1 Å². The first-order valence-corrected chi connectivity index (χ1v) is 10.9. The second-order valence-electron chi connectivity index (χ2n) is 8.19. The molecule has 9 heteroatoms. The molecule has 2 heterocycles. The molecule has 0 bridgehead atoms. The minimum Gasteiger partial charge on any atom is -0.352 e. The molecule has 0 aliphatic carbocycles. The SMILES string of the molecule is CN=C(NCc1cccc(C(=O)N2CCCCC2)c1)N1CCN(C(C)C(F)(F)F)CC1. The number of piperazine rings is 1. The number of aliphatic imine (C=N–C) groups is 1. The first-order chi connectivity index (χ1) is 14.8. The van der Waals surface area contributed by atoms with Crippen molar-refractivity contribution in [3.63, 3.8) is 0 Å². The number of carbonyl (C=O) groups is 1. The summed E-state index contributed by atoms with van der Waals surface area (Å²) in [5, 5.41) is 3.29. The lowest BCUT2D eigenvalue weighted by atomic mass is 10.1. The van der Waals surface area contributed by atoms with Gasteiger partial charge in [-0.3, -0.25) is 14.7 Å². The molecule has 31 heavy (non-hydrogen) atoms. The van der Waals surface area contributed by atoms with E-state index in [1.807, 2.05) is 34.1 Å². The maximum atomic E-state index is 13.0. The molecule has 0 aromatic heterocycles. The minimum absolute atomic E-state index is 0.0702. The van der Waals surface area contributed by atoms with Crippen molar-refractivity contribution in [3.8, 4) is 0 Å². The summed E-state index contributed by atoms with van der Waals surface area (Å²) < 4.78 is 38.9. The molecule has 1 amide bonds. The molecular weight excluding hydrogens is 407 g/mol. The van der Waals surface area contributed by atoms with Crippen molar-refractivity contribution < 1.29 is 18.0 Å². The second-order valence-corrected chi connectivity index (χ2v) is 8.19. The quantitative estimate of drug-likeness (QED) is 0.579. The van der Waals surface area contributed by atoms with Crippen LogP contribution in [-0.4, -0.2) is 85.1 Å². The van der Waals surface area contributed by atoms with E-state index in [0.717, 1.165) is 31.5 Å². The van der Waals surface area contributed by atoms with Gasteiger partial charge in [0.05, 0.1) is 0 Å². The summed E-state index contributed by atoms with van der Waals surface area (Å²) in [7, 11) is 1.67. The van der Waals surface area contributed by atoms with Crippen molar-refractivity contribution in [1.29, 1.82) is 0 Å². The van der Waals surface area contributed by atoms with Gasteiger partial charge in [0.1, 0.15) is 6.04 Å². The van der Waals surface area contributed by atoms with Crippen molar-refractivity contribution in [3.05, 3.63) is 35.4 Å². The van der Waals surface area contributed by atoms with E-state index in [9.17, 15) is 18.0 Å². The standard InChI is InChI=1S/C22H32F3N5O/c1-17(22(23,24)25)28-11-13-30(14-12-28)21(26-2)27-16-18-7-6-8-19(15-18)20(31)29-9-4-3-5-10-29/h6-8,15,17H,3-5,9-14,16H2,1-2H3,(H,26,27). The summed E-state index contributed by atoms with van der Waals surface area (Å²) >= 11 is 0. The van der Waals surface area contributed by atoms with Gasteiger partial charge in [-0.1, -0.05) is 12.1 Å². The Hall–Kier alpha value is -2.29. The number of halogens is 3. The summed E-state index contributed by atoms with van der Waals surface area (Å²) in [5.74, 6) is 0.730. The Balaban J connectivity index is 1.54. The van der Waals surface area contributed by atoms with Gasteiger partial charge in [0, 0.05) is 58.4 Å². The largest absolute Gasteiger partial charge is 0.403 e. The van der Waals surface area contributed by atoms with Gasteiger partial charge in [0.15, 0.2) is 5.96 Å². The van der Waals surface area contributed by atoms with Crippen LogP contribution in [0.25, 0.3) is 0 Å². The highest BCUT2D eigenvalue weighted by Gasteiger charge is 2.41. The van der Waals surface area contributed by atoms with E-state index >= 15 is 0 Å². The predicted molar refractivity (Wildman–Crippen MR) is 115 cm³/mol. The van der Waals surface area contributed by atoms with Gasteiger partial charge in [-0.2, -0.15) is 13.2 Å². The van der Waals surface area contributed by atoms with Crippen molar-refractivity contribution in [1.82, 2.24) is 20.0 Å². The number of hydrogen-bond donors (Lipinski definition) is 1. The third-order valence-electron chi connectivity index (χ3n) is 6.11. The number of amides is 1. The maximum absolute atomic E-state index is 13.0. The molecule has 2 saturated heterocycles. The smallest absolute Gasteiger partial charge is 0.352 e. The van der Waals surface area contributed by atoms with Crippen LogP contribution in [0.3, 0.4) is 0 Å².